The average molecular weight is 282 g/mol. The molecule has 20 heavy (non-hydrogen) atoms. The molecular formula is C15H20F2N2O. The molecule has 1 saturated heterocycles. The number of benzene rings is 1. The Bertz CT molecular complexity index is 506. The quantitative estimate of drug-likeness (QED) is 0.892. The summed E-state index contributed by atoms with van der Waals surface area (Å²) in [5.41, 5.74) is 4.43. The molecule has 1 aromatic rings. The standard InChI is InChI=1S/C15H20F2N2O/c1-9-4-10(2)12(11(3)5-9)7-18-14(20)13-6-15(16,17)8-19-13/h4-5,13,19H,6-8H2,1-3H3,(H,18,20). The van der Waals surface area contributed by atoms with Crippen molar-refractivity contribution in [3.8, 4) is 0 Å². The van der Waals surface area contributed by atoms with Crippen LogP contribution in [-0.2, 0) is 11.3 Å². The van der Waals surface area contributed by atoms with E-state index in [2.05, 4.69) is 22.8 Å². The Hall–Kier alpha value is -1.49. The largest absolute Gasteiger partial charge is 0.351 e. The van der Waals surface area contributed by atoms with Crippen molar-refractivity contribution < 1.29 is 13.6 Å². The highest BCUT2D eigenvalue weighted by molar-refractivity contribution is 5.82. The lowest BCUT2D eigenvalue weighted by Gasteiger charge is -2.15. The van der Waals surface area contributed by atoms with Crippen LogP contribution >= 0.6 is 0 Å². The van der Waals surface area contributed by atoms with Gasteiger partial charge in [-0.15, -0.1) is 0 Å². The van der Waals surface area contributed by atoms with Crippen molar-refractivity contribution in [1.29, 1.82) is 0 Å². The maximum absolute atomic E-state index is 13.0. The predicted octanol–water partition coefficient (Wildman–Crippen LogP) is 2.23. The Balaban J connectivity index is 1.98. The summed E-state index contributed by atoms with van der Waals surface area (Å²) in [6.45, 7) is 5.95. The lowest BCUT2D eigenvalue weighted by atomic mass is 10.00. The molecule has 2 rings (SSSR count). The Labute approximate surface area is 117 Å². The molecule has 1 aromatic carbocycles. The van der Waals surface area contributed by atoms with Crippen LogP contribution in [0.2, 0.25) is 0 Å². The van der Waals surface area contributed by atoms with E-state index in [-0.39, 0.29) is 5.91 Å². The third-order valence-electron chi connectivity index (χ3n) is 3.71. The van der Waals surface area contributed by atoms with Gasteiger partial charge >= 0.3 is 0 Å². The zero-order chi connectivity index (χ0) is 14.9. The molecule has 0 radical (unpaired) electrons. The van der Waals surface area contributed by atoms with Crippen molar-refractivity contribution in [2.24, 2.45) is 0 Å². The minimum Gasteiger partial charge on any atom is -0.351 e. The van der Waals surface area contributed by atoms with Gasteiger partial charge in [-0.2, -0.15) is 0 Å². The summed E-state index contributed by atoms with van der Waals surface area (Å²) in [7, 11) is 0. The lowest BCUT2D eigenvalue weighted by molar-refractivity contribution is -0.123. The van der Waals surface area contributed by atoms with E-state index in [9.17, 15) is 13.6 Å². The van der Waals surface area contributed by atoms with E-state index in [4.69, 9.17) is 0 Å². The third kappa shape index (κ3) is 3.33. The van der Waals surface area contributed by atoms with Crippen molar-refractivity contribution in [2.45, 2.75) is 45.7 Å². The number of amides is 1. The number of hydrogen-bond donors (Lipinski definition) is 2. The summed E-state index contributed by atoms with van der Waals surface area (Å²) in [5.74, 6) is -3.14. The normalized spacial score (nSPS) is 20.9. The summed E-state index contributed by atoms with van der Waals surface area (Å²) < 4.78 is 26.1. The van der Waals surface area contributed by atoms with Crippen LogP contribution in [0.5, 0.6) is 0 Å². The first-order valence-electron chi connectivity index (χ1n) is 6.74. The molecular weight excluding hydrogens is 262 g/mol. The topological polar surface area (TPSA) is 41.1 Å². The van der Waals surface area contributed by atoms with Gasteiger partial charge in [-0.05, 0) is 37.5 Å². The number of carbonyl (C=O) groups is 1. The molecule has 0 bridgehead atoms. The molecule has 1 atom stereocenters. The van der Waals surface area contributed by atoms with E-state index in [0.29, 0.717) is 6.54 Å². The van der Waals surface area contributed by atoms with Gasteiger partial charge in [-0.3, -0.25) is 10.1 Å². The van der Waals surface area contributed by atoms with Crippen LogP contribution in [0.15, 0.2) is 12.1 Å². The molecule has 0 saturated carbocycles. The smallest absolute Gasteiger partial charge is 0.262 e. The molecule has 1 aliphatic heterocycles. The molecule has 2 N–H and O–H groups in total. The Morgan fingerprint density at radius 2 is 1.95 bits per heavy atom. The first kappa shape index (κ1) is 14.9. The second-order valence-electron chi connectivity index (χ2n) is 5.59. The van der Waals surface area contributed by atoms with Gasteiger partial charge in [0.1, 0.15) is 0 Å². The van der Waals surface area contributed by atoms with Crippen LogP contribution in [0.25, 0.3) is 0 Å². The van der Waals surface area contributed by atoms with Crippen LogP contribution < -0.4 is 10.6 Å². The van der Waals surface area contributed by atoms with E-state index in [1.165, 1.54) is 5.56 Å². The summed E-state index contributed by atoms with van der Waals surface area (Å²) in [5, 5.41) is 5.30. The van der Waals surface area contributed by atoms with Gasteiger partial charge in [-0.1, -0.05) is 17.7 Å². The molecule has 1 fully saturated rings. The molecule has 0 aromatic heterocycles. The van der Waals surface area contributed by atoms with E-state index in [0.717, 1.165) is 16.7 Å². The van der Waals surface area contributed by atoms with Gasteiger partial charge in [0.2, 0.25) is 5.91 Å². The summed E-state index contributed by atoms with van der Waals surface area (Å²) in [4.78, 5) is 11.9. The molecule has 0 spiro atoms. The van der Waals surface area contributed by atoms with Gasteiger partial charge in [0, 0.05) is 13.0 Å². The molecule has 3 nitrogen and oxygen atoms in total. The third-order valence-corrected chi connectivity index (χ3v) is 3.71. The Morgan fingerprint density at radius 3 is 2.45 bits per heavy atom. The van der Waals surface area contributed by atoms with Crippen LogP contribution in [0.1, 0.15) is 28.7 Å². The van der Waals surface area contributed by atoms with Gasteiger partial charge < -0.3 is 5.32 Å². The van der Waals surface area contributed by atoms with Crippen molar-refractivity contribution >= 4 is 5.91 Å². The monoisotopic (exact) mass is 282 g/mol. The van der Waals surface area contributed by atoms with Gasteiger partial charge in [0.15, 0.2) is 0 Å². The summed E-state index contributed by atoms with van der Waals surface area (Å²) in [6, 6.07) is 3.31. The molecule has 110 valence electrons. The first-order valence-corrected chi connectivity index (χ1v) is 6.74. The zero-order valence-electron chi connectivity index (χ0n) is 12.0. The fraction of sp³-hybridized carbons (Fsp3) is 0.533. The number of carbonyl (C=O) groups excluding carboxylic acids is 1. The molecule has 1 amide bonds. The van der Waals surface area contributed by atoms with Crippen molar-refractivity contribution in [2.75, 3.05) is 6.54 Å². The molecule has 1 aliphatic rings. The maximum Gasteiger partial charge on any atom is 0.262 e. The fourth-order valence-corrected chi connectivity index (χ4v) is 2.69. The van der Waals surface area contributed by atoms with Crippen molar-refractivity contribution in [1.82, 2.24) is 10.6 Å². The SMILES string of the molecule is Cc1cc(C)c(CNC(=O)C2CC(F)(F)CN2)c(C)c1. The highest BCUT2D eigenvalue weighted by Crippen LogP contribution is 2.25. The molecule has 0 aliphatic carbocycles. The molecule has 1 heterocycles. The van der Waals surface area contributed by atoms with E-state index in [1.54, 1.807) is 0 Å². The highest BCUT2D eigenvalue weighted by Gasteiger charge is 2.42. The first-order chi connectivity index (χ1) is 9.28. The van der Waals surface area contributed by atoms with Gasteiger partial charge in [-0.25, -0.2) is 8.78 Å². The summed E-state index contributed by atoms with van der Waals surface area (Å²) >= 11 is 0. The van der Waals surface area contributed by atoms with Crippen LogP contribution in [0.3, 0.4) is 0 Å². The second-order valence-corrected chi connectivity index (χ2v) is 5.59. The summed E-state index contributed by atoms with van der Waals surface area (Å²) in [6.07, 6.45) is -0.426. The van der Waals surface area contributed by atoms with Gasteiger partial charge in [0.05, 0.1) is 12.6 Å². The molecule has 5 heteroatoms. The maximum atomic E-state index is 13.0. The fourth-order valence-electron chi connectivity index (χ4n) is 2.69. The number of nitrogens with one attached hydrogen (secondary N) is 2. The Kier molecular flexibility index (Phi) is 4.09. The van der Waals surface area contributed by atoms with Crippen LogP contribution in [0, 0.1) is 20.8 Å². The van der Waals surface area contributed by atoms with Crippen LogP contribution in [-0.4, -0.2) is 24.4 Å². The number of rotatable bonds is 3. The highest BCUT2D eigenvalue weighted by atomic mass is 19.3. The lowest BCUT2D eigenvalue weighted by Crippen LogP contribution is -2.40. The number of halogens is 2. The number of aryl methyl sites for hydroxylation is 3. The second kappa shape index (κ2) is 5.48. The predicted molar refractivity (Wildman–Crippen MR) is 73.9 cm³/mol. The number of hydrogen-bond acceptors (Lipinski definition) is 2. The van der Waals surface area contributed by atoms with Crippen molar-refractivity contribution in [3.05, 3.63) is 34.4 Å². The number of alkyl halides is 2. The molecule has 1 unspecified atom stereocenters. The minimum atomic E-state index is -2.78. The van der Waals surface area contributed by atoms with Gasteiger partial charge in [0.25, 0.3) is 5.92 Å². The Morgan fingerprint density at radius 1 is 1.35 bits per heavy atom. The van der Waals surface area contributed by atoms with E-state index >= 15 is 0 Å². The van der Waals surface area contributed by atoms with Crippen molar-refractivity contribution in [3.63, 3.8) is 0 Å². The average Bonchev–Trinajstić information content (AvgIpc) is 2.68. The zero-order valence-corrected chi connectivity index (χ0v) is 12.0. The van der Waals surface area contributed by atoms with E-state index in [1.807, 2.05) is 20.8 Å². The minimum absolute atomic E-state index is 0.360. The van der Waals surface area contributed by atoms with Crippen LogP contribution in [0.4, 0.5) is 8.78 Å². The van der Waals surface area contributed by atoms with E-state index < -0.39 is 24.9 Å².